The van der Waals surface area contributed by atoms with E-state index in [1.54, 1.807) is 6.07 Å². The number of nitrogens with zero attached hydrogens (tertiary/aromatic N) is 1. The molecule has 0 unspecified atom stereocenters. The Morgan fingerprint density at radius 2 is 2.06 bits per heavy atom. The molecule has 0 bridgehead atoms. The molecule has 4 heteroatoms. The summed E-state index contributed by atoms with van der Waals surface area (Å²) >= 11 is 2.15. The minimum absolute atomic E-state index is 0.423. The van der Waals surface area contributed by atoms with Gasteiger partial charge < -0.3 is 10.0 Å². The van der Waals surface area contributed by atoms with Crippen molar-refractivity contribution in [1.82, 2.24) is 0 Å². The Morgan fingerprint density at radius 3 is 2.65 bits per heavy atom. The van der Waals surface area contributed by atoms with Gasteiger partial charge in [0.25, 0.3) is 0 Å². The van der Waals surface area contributed by atoms with E-state index in [0.717, 1.165) is 41.1 Å². The van der Waals surface area contributed by atoms with Gasteiger partial charge in [-0.25, -0.2) is 4.79 Å². The molecular weight excluding hydrogens is 329 g/mol. The monoisotopic (exact) mass is 345 g/mol. The molecule has 0 saturated carbocycles. The van der Waals surface area contributed by atoms with E-state index in [1.165, 1.54) is 0 Å². The van der Waals surface area contributed by atoms with Gasteiger partial charge in [-0.1, -0.05) is 6.92 Å². The molecule has 0 amide bonds. The number of halogens is 1. The van der Waals surface area contributed by atoms with Crippen LogP contribution in [-0.4, -0.2) is 24.2 Å². The molecule has 2 rings (SSSR count). The average molecular weight is 345 g/mol. The first-order valence-electron chi connectivity index (χ1n) is 5.85. The number of hydrogen-bond acceptors (Lipinski definition) is 2. The summed E-state index contributed by atoms with van der Waals surface area (Å²) in [6.45, 7) is 4.17. The second kappa shape index (κ2) is 5.25. The molecule has 0 atom stereocenters. The summed E-state index contributed by atoms with van der Waals surface area (Å²) in [7, 11) is 0. The summed E-state index contributed by atoms with van der Waals surface area (Å²) in [5, 5.41) is 9.24. The van der Waals surface area contributed by atoms with Gasteiger partial charge in [-0.15, -0.1) is 0 Å². The number of aromatic carboxylic acids is 1. The van der Waals surface area contributed by atoms with Crippen LogP contribution in [0.3, 0.4) is 0 Å². The van der Waals surface area contributed by atoms with Crippen LogP contribution >= 0.6 is 22.6 Å². The highest BCUT2D eigenvalue weighted by Crippen LogP contribution is 2.27. The van der Waals surface area contributed by atoms with Gasteiger partial charge in [0, 0.05) is 16.7 Å². The average Bonchev–Trinajstić information content (AvgIpc) is 2.30. The van der Waals surface area contributed by atoms with Crippen molar-refractivity contribution in [3.63, 3.8) is 0 Å². The molecule has 1 fully saturated rings. The zero-order valence-corrected chi connectivity index (χ0v) is 12.0. The highest BCUT2D eigenvalue weighted by atomic mass is 127. The molecule has 0 aromatic heterocycles. The molecule has 1 heterocycles. The Labute approximate surface area is 115 Å². The van der Waals surface area contributed by atoms with Crippen LogP contribution in [0.4, 0.5) is 5.69 Å². The fraction of sp³-hybridized carbons (Fsp3) is 0.462. The van der Waals surface area contributed by atoms with Crippen LogP contribution < -0.4 is 4.90 Å². The van der Waals surface area contributed by atoms with E-state index in [9.17, 15) is 9.90 Å². The predicted octanol–water partition coefficient (Wildman–Crippen LogP) is 3.23. The third-order valence-corrected chi connectivity index (χ3v) is 3.98. The summed E-state index contributed by atoms with van der Waals surface area (Å²) in [4.78, 5) is 13.4. The van der Waals surface area contributed by atoms with E-state index in [-0.39, 0.29) is 0 Å². The normalized spacial score (nSPS) is 17.2. The number of carboxylic acid groups (broad SMARTS) is 1. The van der Waals surface area contributed by atoms with Gasteiger partial charge in [0.05, 0.1) is 11.3 Å². The summed E-state index contributed by atoms with van der Waals surface area (Å²) in [6, 6.07) is 5.65. The quantitative estimate of drug-likeness (QED) is 0.837. The van der Waals surface area contributed by atoms with Gasteiger partial charge >= 0.3 is 5.97 Å². The Morgan fingerprint density at radius 1 is 1.41 bits per heavy atom. The van der Waals surface area contributed by atoms with E-state index in [2.05, 4.69) is 34.4 Å². The zero-order valence-electron chi connectivity index (χ0n) is 9.82. The Balaban J connectivity index is 2.28. The molecular formula is C13H16INO2. The van der Waals surface area contributed by atoms with Gasteiger partial charge in [0.15, 0.2) is 0 Å². The fourth-order valence-electron chi connectivity index (χ4n) is 2.20. The Hall–Kier alpha value is -0.780. The second-order valence-electron chi connectivity index (χ2n) is 4.64. The van der Waals surface area contributed by atoms with E-state index in [4.69, 9.17) is 0 Å². The van der Waals surface area contributed by atoms with Crippen molar-refractivity contribution in [2.45, 2.75) is 19.8 Å². The maximum absolute atomic E-state index is 11.3. The lowest BCUT2D eigenvalue weighted by Crippen LogP contribution is -2.33. The third kappa shape index (κ3) is 2.91. The topological polar surface area (TPSA) is 40.5 Å². The van der Waals surface area contributed by atoms with Gasteiger partial charge in [-0.05, 0) is 59.5 Å². The molecule has 0 spiro atoms. The number of piperidine rings is 1. The van der Waals surface area contributed by atoms with Gasteiger partial charge in [-0.2, -0.15) is 0 Å². The molecule has 0 aliphatic carbocycles. The molecule has 1 aromatic rings. The minimum Gasteiger partial charge on any atom is -0.478 e. The molecule has 92 valence electrons. The highest BCUT2D eigenvalue weighted by molar-refractivity contribution is 14.1. The Kier molecular flexibility index (Phi) is 3.91. The van der Waals surface area contributed by atoms with Crippen molar-refractivity contribution in [1.29, 1.82) is 0 Å². The zero-order chi connectivity index (χ0) is 12.4. The third-order valence-electron chi connectivity index (χ3n) is 3.31. The number of hydrogen-bond donors (Lipinski definition) is 1. The Bertz CT molecular complexity index is 425. The van der Waals surface area contributed by atoms with Crippen LogP contribution in [0.2, 0.25) is 0 Å². The first-order valence-corrected chi connectivity index (χ1v) is 6.93. The lowest BCUT2D eigenvalue weighted by Gasteiger charge is -2.33. The largest absolute Gasteiger partial charge is 0.478 e. The molecule has 1 aromatic carbocycles. The first kappa shape index (κ1) is 12.7. The predicted molar refractivity (Wildman–Crippen MR) is 76.7 cm³/mol. The van der Waals surface area contributed by atoms with E-state index in [1.807, 2.05) is 12.1 Å². The number of carbonyl (C=O) groups is 1. The number of anilines is 1. The summed E-state index contributed by atoms with van der Waals surface area (Å²) in [6.07, 6.45) is 2.29. The number of carboxylic acids is 1. The second-order valence-corrected chi connectivity index (χ2v) is 5.88. The molecule has 0 radical (unpaired) electrons. The number of rotatable bonds is 2. The smallest absolute Gasteiger partial charge is 0.337 e. The van der Waals surface area contributed by atoms with Crippen LogP contribution in [0.25, 0.3) is 0 Å². The van der Waals surface area contributed by atoms with E-state index < -0.39 is 5.97 Å². The van der Waals surface area contributed by atoms with Crippen molar-refractivity contribution in [2.75, 3.05) is 18.0 Å². The maximum Gasteiger partial charge on any atom is 0.337 e. The number of benzene rings is 1. The molecule has 1 saturated heterocycles. The molecule has 3 nitrogen and oxygen atoms in total. The molecule has 1 N–H and O–H groups in total. The summed E-state index contributed by atoms with van der Waals surface area (Å²) in [5.74, 6) is -0.0829. The van der Waals surface area contributed by atoms with Crippen molar-refractivity contribution in [2.24, 2.45) is 5.92 Å². The minimum atomic E-state index is -0.836. The lowest BCUT2D eigenvalue weighted by atomic mass is 9.98. The van der Waals surface area contributed by atoms with Gasteiger partial charge in [0.1, 0.15) is 0 Å². The maximum atomic E-state index is 11.3. The van der Waals surface area contributed by atoms with Crippen LogP contribution in [0.5, 0.6) is 0 Å². The van der Waals surface area contributed by atoms with Crippen LogP contribution in [0.15, 0.2) is 18.2 Å². The van der Waals surface area contributed by atoms with Crippen molar-refractivity contribution in [3.05, 3.63) is 27.3 Å². The van der Waals surface area contributed by atoms with Crippen molar-refractivity contribution >= 4 is 34.2 Å². The highest BCUT2D eigenvalue weighted by Gasteiger charge is 2.20. The van der Waals surface area contributed by atoms with Crippen LogP contribution in [0, 0.1) is 9.49 Å². The summed E-state index contributed by atoms with van der Waals surface area (Å²) < 4.78 is 0.967. The van der Waals surface area contributed by atoms with E-state index in [0.29, 0.717) is 5.56 Å². The summed E-state index contributed by atoms with van der Waals surface area (Å²) in [5.41, 5.74) is 1.29. The lowest BCUT2D eigenvalue weighted by molar-refractivity contribution is 0.0697. The van der Waals surface area contributed by atoms with Crippen LogP contribution in [-0.2, 0) is 0 Å². The SMILES string of the molecule is CC1CCN(c2ccc(I)cc2C(=O)O)CC1. The molecule has 1 aliphatic rings. The van der Waals surface area contributed by atoms with E-state index >= 15 is 0 Å². The molecule has 17 heavy (non-hydrogen) atoms. The van der Waals surface area contributed by atoms with Crippen molar-refractivity contribution < 1.29 is 9.90 Å². The fourth-order valence-corrected chi connectivity index (χ4v) is 2.70. The van der Waals surface area contributed by atoms with Gasteiger partial charge in [-0.3, -0.25) is 0 Å². The van der Waals surface area contributed by atoms with Gasteiger partial charge in [0.2, 0.25) is 0 Å². The van der Waals surface area contributed by atoms with Crippen LogP contribution in [0.1, 0.15) is 30.1 Å². The standard InChI is InChI=1S/C13H16INO2/c1-9-4-6-15(7-5-9)12-3-2-10(14)8-11(12)13(16)17/h2-3,8-9H,4-7H2,1H3,(H,16,17). The van der Waals surface area contributed by atoms with Crippen molar-refractivity contribution in [3.8, 4) is 0 Å². The molecule has 1 aliphatic heterocycles. The first-order chi connectivity index (χ1) is 8.08.